The van der Waals surface area contributed by atoms with Crippen molar-refractivity contribution in [3.63, 3.8) is 0 Å². The van der Waals surface area contributed by atoms with E-state index in [4.69, 9.17) is 14.2 Å². The Morgan fingerprint density at radius 1 is 0.344 bits per heavy atom. The SMILES string of the molecule is CC/C=C/C=C/C=C/C=C/CCCCCC(=O)OCC(COC(=O)CCC/C=C/C/C=C/C/C=C/CCCCCCCC)OC(=O)CCCCCCC/C=C/CCCCCCCCC. The maximum Gasteiger partial charge on any atom is 0.306 e. The minimum atomic E-state index is -0.818. The highest BCUT2D eigenvalue weighted by Gasteiger charge is 2.19. The van der Waals surface area contributed by atoms with Gasteiger partial charge >= 0.3 is 17.9 Å². The predicted molar refractivity (Wildman–Crippen MR) is 274 cm³/mol. The molecule has 6 heteroatoms. The lowest BCUT2D eigenvalue weighted by Crippen LogP contribution is -2.30. The van der Waals surface area contributed by atoms with E-state index in [0.29, 0.717) is 19.3 Å². The molecule has 0 saturated carbocycles. The van der Waals surface area contributed by atoms with Crippen molar-refractivity contribution < 1.29 is 28.6 Å². The predicted octanol–water partition coefficient (Wildman–Crippen LogP) is 17.4. The molecule has 0 fully saturated rings. The zero-order chi connectivity index (χ0) is 46.5. The lowest BCUT2D eigenvalue weighted by atomic mass is 10.1. The van der Waals surface area contributed by atoms with Crippen LogP contribution in [0.5, 0.6) is 0 Å². The minimum Gasteiger partial charge on any atom is -0.462 e. The summed E-state index contributed by atoms with van der Waals surface area (Å²) >= 11 is 0. The van der Waals surface area contributed by atoms with Gasteiger partial charge in [-0.3, -0.25) is 14.4 Å². The van der Waals surface area contributed by atoms with E-state index in [1.807, 2.05) is 36.5 Å². The van der Waals surface area contributed by atoms with Gasteiger partial charge in [0.1, 0.15) is 13.2 Å². The van der Waals surface area contributed by atoms with E-state index in [9.17, 15) is 14.4 Å². The third-order valence-corrected chi connectivity index (χ3v) is 10.9. The van der Waals surface area contributed by atoms with Crippen molar-refractivity contribution in [1.82, 2.24) is 0 Å². The fraction of sp³-hybridized carbons (Fsp3) is 0.672. The number of allylic oxidation sites excluding steroid dienone is 16. The summed E-state index contributed by atoms with van der Waals surface area (Å²) in [7, 11) is 0. The van der Waals surface area contributed by atoms with Crippen molar-refractivity contribution >= 4 is 17.9 Å². The number of rotatable bonds is 46. The molecule has 0 aromatic heterocycles. The molecule has 0 rings (SSSR count). The second kappa shape index (κ2) is 52.0. The zero-order valence-electron chi connectivity index (χ0n) is 41.5. The summed E-state index contributed by atoms with van der Waals surface area (Å²) in [5, 5.41) is 0. The van der Waals surface area contributed by atoms with Crippen molar-refractivity contribution in [2.45, 2.75) is 239 Å². The molecule has 364 valence electrons. The maximum atomic E-state index is 12.8. The van der Waals surface area contributed by atoms with Crippen molar-refractivity contribution in [2.75, 3.05) is 13.2 Å². The molecular formula is C58H96O6. The summed E-state index contributed by atoms with van der Waals surface area (Å²) in [4.78, 5) is 38.0. The third-order valence-electron chi connectivity index (χ3n) is 10.9. The maximum absolute atomic E-state index is 12.8. The Bertz CT molecular complexity index is 1300. The van der Waals surface area contributed by atoms with Crippen LogP contribution in [0, 0.1) is 0 Å². The molecule has 0 heterocycles. The van der Waals surface area contributed by atoms with E-state index in [1.165, 1.54) is 103 Å². The molecule has 0 aromatic carbocycles. The highest BCUT2D eigenvalue weighted by molar-refractivity contribution is 5.71. The lowest BCUT2D eigenvalue weighted by molar-refractivity contribution is -0.167. The Hall–Kier alpha value is -3.67. The molecule has 0 spiro atoms. The van der Waals surface area contributed by atoms with Gasteiger partial charge in [0.2, 0.25) is 0 Å². The van der Waals surface area contributed by atoms with Crippen molar-refractivity contribution in [3.05, 3.63) is 97.2 Å². The molecule has 1 unspecified atom stereocenters. The van der Waals surface area contributed by atoms with Crippen LogP contribution in [0.3, 0.4) is 0 Å². The Balaban J connectivity index is 4.53. The summed E-state index contributed by atoms with van der Waals surface area (Å²) < 4.78 is 16.7. The smallest absolute Gasteiger partial charge is 0.306 e. The van der Waals surface area contributed by atoms with Gasteiger partial charge in [-0.15, -0.1) is 0 Å². The fourth-order valence-corrected chi connectivity index (χ4v) is 6.93. The fourth-order valence-electron chi connectivity index (χ4n) is 6.93. The van der Waals surface area contributed by atoms with Crippen molar-refractivity contribution in [1.29, 1.82) is 0 Å². The normalized spacial score (nSPS) is 12.9. The Labute approximate surface area is 394 Å². The number of carbonyl (C=O) groups excluding carboxylic acids is 3. The largest absolute Gasteiger partial charge is 0.462 e. The first-order valence-electron chi connectivity index (χ1n) is 26.3. The van der Waals surface area contributed by atoms with Crippen LogP contribution in [0.1, 0.15) is 233 Å². The van der Waals surface area contributed by atoms with Crippen molar-refractivity contribution in [3.8, 4) is 0 Å². The number of hydrogen-bond acceptors (Lipinski definition) is 6. The Morgan fingerprint density at radius 2 is 0.688 bits per heavy atom. The van der Waals surface area contributed by atoms with E-state index < -0.39 is 6.10 Å². The number of esters is 3. The molecule has 0 aliphatic carbocycles. The summed E-state index contributed by atoms with van der Waals surface area (Å²) in [6.45, 7) is 6.40. The molecule has 6 nitrogen and oxygen atoms in total. The summed E-state index contributed by atoms with van der Waals surface area (Å²) in [5.41, 5.74) is 0. The molecule has 64 heavy (non-hydrogen) atoms. The molecular weight excluding hydrogens is 793 g/mol. The first-order chi connectivity index (χ1) is 31.5. The van der Waals surface area contributed by atoms with Crippen LogP contribution in [0.25, 0.3) is 0 Å². The number of unbranched alkanes of at least 4 members (excludes halogenated alkanes) is 22. The lowest BCUT2D eigenvalue weighted by Gasteiger charge is -2.18. The molecule has 0 radical (unpaired) electrons. The van der Waals surface area contributed by atoms with Crippen LogP contribution in [-0.4, -0.2) is 37.2 Å². The van der Waals surface area contributed by atoms with Gasteiger partial charge in [-0.1, -0.05) is 214 Å². The number of hydrogen-bond donors (Lipinski definition) is 0. The first-order valence-corrected chi connectivity index (χ1v) is 26.3. The van der Waals surface area contributed by atoms with Crippen LogP contribution in [0.15, 0.2) is 97.2 Å². The molecule has 1 atom stereocenters. The highest BCUT2D eigenvalue weighted by atomic mass is 16.6. The standard InChI is InChI=1S/C58H96O6/c1-4-7-10-13-16-19-22-25-27-29-31-33-36-39-42-45-48-51-57(60)63-54-55(53-62-56(59)50-47-44-41-38-35-32-24-21-18-15-12-9-6-3)64-58(61)52-49-46-43-40-37-34-30-28-26-23-20-17-14-11-8-5-2/h9,12,15,18,21,24-25,27-28,30-33,35,39,42,55H,4-8,10-11,13-14,16-17,19-20,22-23,26,29,34,36-38,40-41,43-54H2,1-3H3/b12-9+,18-15+,24-21+,27-25+,30-28+,33-31+,35-32+,42-39+. The van der Waals surface area contributed by atoms with Crippen LogP contribution in [0.2, 0.25) is 0 Å². The Kier molecular flexibility index (Phi) is 49.0. The summed E-state index contributed by atoms with van der Waals surface area (Å²) in [5.74, 6) is -1.02. The highest BCUT2D eigenvalue weighted by Crippen LogP contribution is 2.13. The van der Waals surface area contributed by atoms with E-state index in [-0.39, 0.29) is 37.5 Å². The van der Waals surface area contributed by atoms with Gasteiger partial charge in [0.25, 0.3) is 0 Å². The van der Waals surface area contributed by atoms with E-state index in [2.05, 4.69) is 81.5 Å². The molecule has 0 aliphatic rings. The van der Waals surface area contributed by atoms with Crippen molar-refractivity contribution in [2.24, 2.45) is 0 Å². The number of carbonyl (C=O) groups is 3. The van der Waals surface area contributed by atoms with E-state index >= 15 is 0 Å². The molecule has 0 aromatic rings. The van der Waals surface area contributed by atoms with Crippen LogP contribution in [-0.2, 0) is 28.6 Å². The van der Waals surface area contributed by atoms with Gasteiger partial charge in [-0.2, -0.15) is 0 Å². The summed E-state index contributed by atoms with van der Waals surface area (Å²) in [6.07, 6.45) is 68.3. The van der Waals surface area contributed by atoms with Gasteiger partial charge in [-0.25, -0.2) is 0 Å². The van der Waals surface area contributed by atoms with E-state index in [1.54, 1.807) is 0 Å². The van der Waals surface area contributed by atoms with Crippen LogP contribution >= 0.6 is 0 Å². The van der Waals surface area contributed by atoms with Crippen LogP contribution < -0.4 is 0 Å². The van der Waals surface area contributed by atoms with Gasteiger partial charge in [0.05, 0.1) is 0 Å². The topological polar surface area (TPSA) is 78.9 Å². The zero-order valence-corrected chi connectivity index (χ0v) is 41.5. The molecule has 0 bridgehead atoms. The van der Waals surface area contributed by atoms with Gasteiger partial charge in [0.15, 0.2) is 6.10 Å². The monoisotopic (exact) mass is 889 g/mol. The van der Waals surface area contributed by atoms with Crippen LogP contribution in [0.4, 0.5) is 0 Å². The average molecular weight is 889 g/mol. The second-order valence-electron chi connectivity index (χ2n) is 17.1. The van der Waals surface area contributed by atoms with Gasteiger partial charge in [0, 0.05) is 19.3 Å². The average Bonchev–Trinajstić information content (AvgIpc) is 3.29. The molecule has 0 aliphatic heterocycles. The Morgan fingerprint density at radius 3 is 1.19 bits per heavy atom. The third kappa shape index (κ3) is 49.3. The number of ether oxygens (including phenoxy) is 3. The quantitative estimate of drug-likeness (QED) is 0.0199. The molecule has 0 amide bonds. The first kappa shape index (κ1) is 60.3. The van der Waals surface area contributed by atoms with Gasteiger partial charge < -0.3 is 14.2 Å². The molecule has 0 N–H and O–H groups in total. The minimum absolute atomic E-state index is 0.118. The summed E-state index contributed by atoms with van der Waals surface area (Å²) in [6, 6.07) is 0. The van der Waals surface area contributed by atoms with Gasteiger partial charge in [-0.05, 0) is 96.3 Å². The molecule has 0 saturated heterocycles. The van der Waals surface area contributed by atoms with E-state index in [0.717, 1.165) is 83.5 Å². The second-order valence-corrected chi connectivity index (χ2v) is 17.1.